The number of carbonyl (C=O) groups is 1. The molecule has 0 spiro atoms. The third-order valence-electron chi connectivity index (χ3n) is 1.94. The highest BCUT2D eigenvalue weighted by Gasteiger charge is 2.16. The van der Waals surface area contributed by atoms with Crippen LogP contribution in [0.25, 0.3) is 0 Å². The average Bonchev–Trinajstić information content (AvgIpc) is 2.26. The molecule has 16 heavy (non-hydrogen) atoms. The number of aromatic hydroxyl groups is 1. The number of rotatable bonds is 5. The SMILES string of the molecule is O=C(O)[C@H](Cc1ccc(O)cc1)NN=C=S. The van der Waals surface area contributed by atoms with E-state index in [-0.39, 0.29) is 12.2 Å². The van der Waals surface area contributed by atoms with Crippen molar-refractivity contribution in [3.63, 3.8) is 0 Å². The molecule has 1 atom stereocenters. The first kappa shape index (κ1) is 12.2. The topological polar surface area (TPSA) is 81.9 Å². The van der Waals surface area contributed by atoms with Gasteiger partial charge in [-0.05, 0) is 29.9 Å². The molecule has 0 saturated carbocycles. The van der Waals surface area contributed by atoms with E-state index in [1.54, 1.807) is 12.1 Å². The van der Waals surface area contributed by atoms with E-state index < -0.39 is 12.0 Å². The van der Waals surface area contributed by atoms with Crippen molar-refractivity contribution in [1.82, 2.24) is 5.43 Å². The summed E-state index contributed by atoms with van der Waals surface area (Å²) in [5.41, 5.74) is 3.15. The third kappa shape index (κ3) is 3.68. The van der Waals surface area contributed by atoms with Crippen LogP contribution in [0.15, 0.2) is 29.4 Å². The Hall–Kier alpha value is -1.91. The molecule has 0 unspecified atom stereocenters. The van der Waals surface area contributed by atoms with Gasteiger partial charge in [0.2, 0.25) is 0 Å². The summed E-state index contributed by atoms with van der Waals surface area (Å²) in [4.78, 5) is 10.8. The number of carboxylic acid groups (broad SMARTS) is 1. The Labute approximate surface area is 97.4 Å². The number of phenolic OH excluding ortho intramolecular Hbond substituents is 1. The first-order valence-electron chi connectivity index (χ1n) is 4.46. The zero-order valence-corrected chi connectivity index (χ0v) is 9.07. The molecule has 6 heteroatoms. The van der Waals surface area contributed by atoms with Crippen molar-refractivity contribution in [2.75, 3.05) is 0 Å². The van der Waals surface area contributed by atoms with Gasteiger partial charge in [0, 0.05) is 6.42 Å². The Morgan fingerprint density at radius 2 is 2.12 bits per heavy atom. The summed E-state index contributed by atoms with van der Waals surface area (Å²) in [6, 6.07) is 5.43. The van der Waals surface area contributed by atoms with Gasteiger partial charge in [-0.15, -0.1) is 5.10 Å². The maximum absolute atomic E-state index is 10.8. The molecule has 1 aromatic carbocycles. The molecule has 5 nitrogen and oxygen atoms in total. The Morgan fingerprint density at radius 1 is 1.50 bits per heavy atom. The molecule has 0 amide bonds. The zero-order valence-electron chi connectivity index (χ0n) is 8.25. The van der Waals surface area contributed by atoms with Gasteiger partial charge in [-0.25, -0.2) is 4.79 Å². The van der Waals surface area contributed by atoms with E-state index in [0.29, 0.717) is 0 Å². The number of carboxylic acids is 1. The van der Waals surface area contributed by atoms with Gasteiger partial charge in [0.15, 0.2) is 0 Å². The molecule has 1 aromatic rings. The van der Waals surface area contributed by atoms with Crippen LogP contribution < -0.4 is 5.43 Å². The normalized spacial score (nSPS) is 11.2. The zero-order chi connectivity index (χ0) is 12.0. The summed E-state index contributed by atoms with van der Waals surface area (Å²) >= 11 is 4.33. The van der Waals surface area contributed by atoms with Gasteiger partial charge in [-0.3, -0.25) is 5.43 Å². The van der Waals surface area contributed by atoms with Crippen LogP contribution in [0, 0.1) is 0 Å². The number of thiocarbonyl (C=S) groups is 1. The number of isothiocyanates is 1. The number of hydrogen-bond acceptors (Lipinski definition) is 5. The molecule has 0 saturated heterocycles. The second kappa shape index (κ2) is 5.85. The molecule has 0 heterocycles. The maximum atomic E-state index is 10.8. The first-order valence-corrected chi connectivity index (χ1v) is 4.87. The van der Waals surface area contributed by atoms with E-state index in [1.165, 1.54) is 12.1 Å². The molecular formula is C10H10N2O3S. The molecule has 0 fully saturated rings. The maximum Gasteiger partial charge on any atom is 0.328 e. The standard InChI is InChI=1S/C10H10N2O3S/c13-8-3-1-7(2-4-8)5-9(10(14)15)12-11-6-16/h1-4,9,12-13H,5H2,(H,14,15)/t9-/m0/s1. The predicted octanol–water partition coefficient (Wildman–Crippen LogP) is 0.995. The highest BCUT2D eigenvalue weighted by molar-refractivity contribution is 7.78. The summed E-state index contributed by atoms with van der Waals surface area (Å²) in [5, 5.41) is 23.4. The van der Waals surface area contributed by atoms with Crippen LogP contribution in [0.3, 0.4) is 0 Å². The monoisotopic (exact) mass is 238 g/mol. The number of aliphatic carboxylic acids is 1. The summed E-state index contributed by atoms with van der Waals surface area (Å²) in [7, 11) is 0. The highest BCUT2D eigenvalue weighted by Crippen LogP contribution is 2.11. The summed E-state index contributed by atoms with van der Waals surface area (Å²) in [6.45, 7) is 0. The van der Waals surface area contributed by atoms with Gasteiger partial charge in [0.25, 0.3) is 0 Å². The second-order valence-corrected chi connectivity index (χ2v) is 3.28. The van der Waals surface area contributed by atoms with E-state index >= 15 is 0 Å². The summed E-state index contributed by atoms with van der Waals surface area (Å²) in [6.07, 6.45) is 0.246. The molecule has 0 aliphatic carbocycles. The highest BCUT2D eigenvalue weighted by atomic mass is 32.1. The van der Waals surface area contributed by atoms with Crippen molar-refractivity contribution in [2.24, 2.45) is 5.10 Å². The van der Waals surface area contributed by atoms with Crippen molar-refractivity contribution < 1.29 is 15.0 Å². The van der Waals surface area contributed by atoms with Crippen molar-refractivity contribution in [1.29, 1.82) is 0 Å². The number of phenols is 1. The van der Waals surface area contributed by atoms with Gasteiger partial charge >= 0.3 is 5.97 Å². The number of hydrogen-bond donors (Lipinski definition) is 3. The van der Waals surface area contributed by atoms with E-state index in [2.05, 4.69) is 22.7 Å². The molecule has 84 valence electrons. The van der Waals surface area contributed by atoms with Crippen molar-refractivity contribution in [2.45, 2.75) is 12.5 Å². The number of nitrogens with one attached hydrogen (secondary N) is 1. The van der Waals surface area contributed by atoms with E-state index in [4.69, 9.17) is 10.2 Å². The largest absolute Gasteiger partial charge is 0.508 e. The lowest BCUT2D eigenvalue weighted by atomic mass is 10.1. The van der Waals surface area contributed by atoms with Gasteiger partial charge < -0.3 is 10.2 Å². The summed E-state index contributed by atoms with van der Waals surface area (Å²) in [5.74, 6) is -0.887. The van der Waals surface area contributed by atoms with Gasteiger partial charge in [0.05, 0.1) is 5.16 Å². The van der Waals surface area contributed by atoms with E-state index in [9.17, 15) is 4.79 Å². The Bertz CT molecular complexity index is 413. The lowest BCUT2D eigenvalue weighted by molar-refractivity contribution is -0.139. The number of nitrogens with zero attached hydrogens (tertiary/aromatic N) is 1. The van der Waals surface area contributed by atoms with Crippen LogP contribution in [0.2, 0.25) is 0 Å². The number of benzene rings is 1. The fourth-order valence-corrected chi connectivity index (χ4v) is 1.21. The Balaban J connectivity index is 2.71. The molecule has 1 rings (SSSR count). The van der Waals surface area contributed by atoms with Crippen molar-refractivity contribution in [3.05, 3.63) is 29.8 Å². The minimum Gasteiger partial charge on any atom is -0.508 e. The predicted molar refractivity (Wildman–Crippen MR) is 61.4 cm³/mol. The van der Waals surface area contributed by atoms with Gasteiger partial charge in [0.1, 0.15) is 11.8 Å². The summed E-state index contributed by atoms with van der Waals surface area (Å²) < 4.78 is 0. The fraction of sp³-hybridized carbons (Fsp3) is 0.200. The second-order valence-electron chi connectivity index (χ2n) is 3.09. The Morgan fingerprint density at radius 3 is 2.62 bits per heavy atom. The molecule has 0 aromatic heterocycles. The van der Waals surface area contributed by atoms with Crippen molar-refractivity contribution >= 4 is 23.3 Å². The molecule has 0 aliphatic rings. The van der Waals surface area contributed by atoms with E-state index in [0.717, 1.165) is 5.56 Å². The Kier molecular flexibility index (Phi) is 4.44. The van der Waals surface area contributed by atoms with Gasteiger partial charge in [-0.2, -0.15) is 0 Å². The fourth-order valence-electron chi connectivity index (χ4n) is 1.16. The van der Waals surface area contributed by atoms with Crippen LogP contribution in [-0.2, 0) is 11.2 Å². The molecular weight excluding hydrogens is 228 g/mol. The van der Waals surface area contributed by atoms with Crippen LogP contribution >= 0.6 is 12.2 Å². The number of hydrazone groups is 1. The van der Waals surface area contributed by atoms with Gasteiger partial charge in [-0.1, -0.05) is 12.1 Å². The molecule has 0 radical (unpaired) electrons. The minimum atomic E-state index is -1.03. The lowest BCUT2D eigenvalue weighted by Crippen LogP contribution is -2.35. The van der Waals surface area contributed by atoms with Crippen molar-refractivity contribution in [3.8, 4) is 5.75 Å². The molecule has 0 bridgehead atoms. The first-order chi connectivity index (χ1) is 7.63. The third-order valence-corrected chi connectivity index (χ3v) is 2.03. The van der Waals surface area contributed by atoms with E-state index in [1.807, 2.05) is 5.16 Å². The molecule has 3 N–H and O–H groups in total. The quantitative estimate of drug-likeness (QED) is 0.405. The van der Waals surface area contributed by atoms with Crippen LogP contribution in [0.5, 0.6) is 5.75 Å². The van der Waals surface area contributed by atoms with Crippen LogP contribution in [0.1, 0.15) is 5.56 Å². The lowest BCUT2D eigenvalue weighted by Gasteiger charge is -2.10. The smallest absolute Gasteiger partial charge is 0.328 e. The molecule has 0 aliphatic heterocycles. The minimum absolute atomic E-state index is 0.139. The van der Waals surface area contributed by atoms with Crippen LogP contribution in [-0.4, -0.2) is 27.4 Å². The average molecular weight is 238 g/mol. The van der Waals surface area contributed by atoms with Crippen LogP contribution in [0.4, 0.5) is 0 Å².